The van der Waals surface area contributed by atoms with Gasteiger partial charge in [0.15, 0.2) is 0 Å². The smallest absolute Gasteiger partial charge is 0.225 e. The fourth-order valence-corrected chi connectivity index (χ4v) is 4.60. The van der Waals surface area contributed by atoms with Gasteiger partial charge >= 0.3 is 0 Å². The number of piperidine rings is 2. The molecule has 6 nitrogen and oxygen atoms in total. The summed E-state index contributed by atoms with van der Waals surface area (Å²) in [7, 11) is 0. The Kier molecular flexibility index (Phi) is 6.25. The van der Waals surface area contributed by atoms with Crippen molar-refractivity contribution < 1.29 is 9.59 Å². The minimum Gasteiger partial charge on any atom is -0.355 e. The highest BCUT2D eigenvalue weighted by atomic mass is 16.2. The predicted molar refractivity (Wildman–Crippen MR) is 108 cm³/mol. The predicted octanol–water partition coefficient (Wildman–Crippen LogP) is 1.85. The Hall–Kier alpha value is -1.95. The maximum absolute atomic E-state index is 12.6. The van der Waals surface area contributed by atoms with Crippen molar-refractivity contribution in [2.75, 3.05) is 32.7 Å². The summed E-state index contributed by atoms with van der Waals surface area (Å²) in [5.41, 5.74) is 1.01. The van der Waals surface area contributed by atoms with Crippen LogP contribution in [0, 0.1) is 11.8 Å². The Balaban J connectivity index is 1.20. The minimum atomic E-state index is 0.0867. The molecule has 1 atom stereocenters. The highest BCUT2D eigenvalue weighted by Gasteiger charge is 2.37. The first-order valence-corrected chi connectivity index (χ1v) is 10.9. The van der Waals surface area contributed by atoms with E-state index in [1.165, 1.54) is 0 Å². The van der Waals surface area contributed by atoms with Gasteiger partial charge in [0.2, 0.25) is 11.8 Å². The first kappa shape index (κ1) is 19.4. The van der Waals surface area contributed by atoms with E-state index in [0.717, 1.165) is 76.8 Å². The van der Waals surface area contributed by atoms with Crippen molar-refractivity contribution in [3.63, 3.8) is 0 Å². The van der Waals surface area contributed by atoms with Gasteiger partial charge in [0.05, 0.1) is 5.92 Å². The molecule has 2 amide bonds. The second-order valence-corrected chi connectivity index (χ2v) is 8.53. The van der Waals surface area contributed by atoms with E-state index in [1.54, 1.807) is 6.20 Å². The molecule has 2 aliphatic heterocycles. The van der Waals surface area contributed by atoms with Crippen LogP contribution in [0.4, 0.5) is 0 Å². The highest BCUT2D eigenvalue weighted by Crippen LogP contribution is 2.32. The molecule has 0 bridgehead atoms. The molecule has 0 spiro atoms. The van der Waals surface area contributed by atoms with Crippen molar-refractivity contribution >= 4 is 11.8 Å². The number of hydrogen-bond donors (Lipinski definition) is 1. The lowest BCUT2D eigenvalue weighted by Crippen LogP contribution is -2.51. The van der Waals surface area contributed by atoms with Gasteiger partial charge in [-0.25, -0.2) is 0 Å². The second-order valence-electron chi connectivity index (χ2n) is 8.53. The van der Waals surface area contributed by atoms with Gasteiger partial charge in [0.25, 0.3) is 0 Å². The van der Waals surface area contributed by atoms with Crippen LogP contribution in [0.25, 0.3) is 0 Å². The van der Waals surface area contributed by atoms with Gasteiger partial charge in [-0.3, -0.25) is 19.5 Å². The summed E-state index contributed by atoms with van der Waals surface area (Å²) in [6.45, 7) is 4.36. The molecular weight excluding hydrogens is 352 g/mol. The van der Waals surface area contributed by atoms with E-state index in [1.807, 2.05) is 18.2 Å². The van der Waals surface area contributed by atoms with Gasteiger partial charge in [-0.15, -0.1) is 0 Å². The van der Waals surface area contributed by atoms with E-state index >= 15 is 0 Å². The minimum absolute atomic E-state index is 0.0867. The van der Waals surface area contributed by atoms with Crippen LogP contribution in [0.3, 0.4) is 0 Å². The quantitative estimate of drug-likeness (QED) is 0.813. The van der Waals surface area contributed by atoms with E-state index in [2.05, 4.69) is 20.1 Å². The number of pyridine rings is 1. The molecule has 0 aromatic carbocycles. The van der Waals surface area contributed by atoms with Gasteiger partial charge in [0.1, 0.15) is 0 Å². The SMILES string of the molecule is O=C(NCCc1ccccn1)C1CCCN(C2CCN(C(=O)C3CC3)CC2)C1. The van der Waals surface area contributed by atoms with E-state index in [0.29, 0.717) is 24.4 Å². The topological polar surface area (TPSA) is 65.5 Å². The normalized spacial score (nSPS) is 24.1. The molecule has 3 aliphatic rings. The molecule has 3 fully saturated rings. The Bertz CT molecular complexity index is 668. The molecule has 2 saturated heterocycles. The Morgan fingerprint density at radius 3 is 2.57 bits per heavy atom. The molecule has 28 heavy (non-hydrogen) atoms. The van der Waals surface area contributed by atoms with Crippen LogP contribution >= 0.6 is 0 Å². The molecule has 1 saturated carbocycles. The average molecular weight is 385 g/mol. The molecule has 6 heteroatoms. The largest absolute Gasteiger partial charge is 0.355 e. The summed E-state index contributed by atoms with van der Waals surface area (Å²) in [6.07, 6.45) is 8.89. The van der Waals surface area contributed by atoms with Crippen LogP contribution in [0.1, 0.15) is 44.2 Å². The first-order valence-electron chi connectivity index (χ1n) is 10.9. The summed E-state index contributed by atoms with van der Waals surface area (Å²) < 4.78 is 0. The second kappa shape index (κ2) is 9.03. The van der Waals surface area contributed by atoms with Crippen molar-refractivity contribution in [3.8, 4) is 0 Å². The number of carbonyl (C=O) groups excluding carboxylic acids is 2. The number of rotatable bonds is 6. The number of nitrogens with zero attached hydrogens (tertiary/aromatic N) is 3. The molecule has 0 radical (unpaired) electrons. The summed E-state index contributed by atoms with van der Waals surface area (Å²) in [4.78, 5) is 33.8. The zero-order valence-electron chi connectivity index (χ0n) is 16.7. The molecule has 4 rings (SSSR count). The third-order valence-electron chi connectivity index (χ3n) is 6.45. The number of likely N-dealkylation sites (tertiary alicyclic amines) is 2. The van der Waals surface area contributed by atoms with Gasteiger partial charge in [0, 0.05) is 56.5 Å². The lowest BCUT2D eigenvalue weighted by Gasteiger charge is -2.42. The standard InChI is InChI=1S/C22H32N4O2/c27-21(24-12-8-19-5-1-2-11-23-19)18-4-3-13-26(16-18)20-9-14-25(15-10-20)22(28)17-6-7-17/h1-2,5,11,17-18,20H,3-4,6-10,12-16H2,(H,24,27). The van der Waals surface area contributed by atoms with Crippen molar-refractivity contribution in [2.24, 2.45) is 11.8 Å². The zero-order valence-corrected chi connectivity index (χ0v) is 16.7. The Morgan fingerprint density at radius 1 is 1.04 bits per heavy atom. The number of carbonyl (C=O) groups is 2. The van der Waals surface area contributed by atoms with E-state index < -0.39 is 0 Å². The Morgan fingerprint density at radius 2 is 1.86 bits per heavy atom. The van der Waals surface area contributed by atoms with E-state index in [-0.39, 0.29) is 11.8 Å². The molecule has 1 aromatic rings. The van der Waals surface area contributed by atoms with Crippen LogP contribution in [-0.4, -0.2) is 65.4 Å². The molecule has 1 N–H and O–H groups in total. The van der Waals surface area contributed by atoms with Gasteiger partial charge in [-0.2, -0.15) is 0 Å². The fraction of sp³-hybridized carbons (Fsp3) is 0.682. The van der Waals surface area contributed by atoms with E-state index in [4.69, 9.17) is 0 Å². The van der Waals surface area contributed by atoms with Gasteiger partial charge < -0.3 is 10.2 Å². The first-order chi connectivity index (χ1) is 13.7. The molecule has 152 valence electrons. The highest BCUT2D eigenvalue weighted by molar-refractivity contribution is 5.81. The average Bonchev–Trinajstić information content (AvgIpc) is 3.60. The monoisotopic (exact) mass is 384 g/mol. The van der Waals surface area contributed by atoms with Crippen molar-refractivity contribution in [2.45, 2.75) is 51.0 Å². The fourth-order valence-electron chi connectivity index (χ4n) is 4.60. The zero-order chi connectivity index (χ0) is 19.3. The van der Waals surface area contributed by atoms with E-state index in [9.17, 15) is 9.59 Å². The molecule has 1 unspecified atom stereocenters. The molecular formula is C22H32N4O2. The summed E-state index contributed by atoms with van der Waals surface area (Å²) in [6, 6.07) is 6.40. The summed E-state index contributed by atoms with van der Waals surface area (Å²) >= 11 is 0. The Labute approximate surface area is 167 Å². The van der Waals surface area contributed by atoms with Crippen LogP contribution in [0.5, 0.6) is 0 Å². The lowest BCUT2D eigenvalue weighted by molar-refractivity contribution is -0.134. The lowest BCUT2D eigenvalue weighted by atomic mass is 9.93. The molecule has 1 aromatic heterocycles. The summed E-state index contributed by atoms with van der Waals surface area (Å²) in [5.74, 6) is 0.971. The maximum Gasteiger partial charge on any atom is 0.225 e. The van der Waals surface area contributed by atoms with Crippen LogP contribution in [0.2, 0.25) is 0 Å². The van der Waals surface area contributed by atoms with Crippen LogP contribution in [0.15, 0.2) is 24.4 Å². The van der Waals surface area contributed by atoms with Crippen molar-refractivity contribution in [3.05, 3.63) is 30.1 Å². The van der Waals surface area contributed by atoms with Crippen molar-refractivity contribution in [1.29, 1.82) is 0 Å². The number of nitrogens with one attached hydrogen (secondary N) is 1. The molecule has 3 heterocycles. The van der Waals surface area contributed by atoms with Crippen LogP contribution < -0.4 is 5.32 Å². The maximum atomic E-state index is 12.6. The molecule has 1 aliphatic carbocycles. The third kappa shape index (κ3) is 4.90. The van der Waals surface area contributed by atoms with Gasteiger partial charge in [-0.1, -0.05) is 6.07 Å². The van der Waals surface area contributed by atoms with Gasteiger partial charge in [-0.05, 0) is 57.2 Å². The number of aromatic nitrogens is 1. The van der Waals surface area contributed by atoms with Crippen LogP contribution in [-0.2, 0) is 16.0 Å². The third-order valence-corrected chi connectivity index (χ3v) is 6.45. The number of hydrogen-bond acceptors (Lipinski definition) is 4. The van der Waals surface area contributed by atoms with Crippen molar-refractivity contribution in [1.82, 2.24) is 20.1 Å². The number of amides is 2. The summed E-state index contributed by atoms with van der Waals surface area (Å²) in [5, 5.41) is 3.11.